The van der Waals surface area contributed by atoms with Crippen molar-refractivity contribution in [3.05, 3.63) is 108 Å². The number of rotatable bonds is 7. The molecular weight excluding hydrogens is 386 g/mol. The summed E-state index contributed by atoms with van der Waals surface area (Å²) in [6, 6.07) is 28.5. The zero-order chi connectivity index (χ0) is 21.5. The standard InChI is InChI=1S/C27H27NO3/c29-25-19-11-10-18-24(25)26(22-14-6-2-7-15-22)28(20-21-12-4-1-5-13-21)31-27(30)23-16-8-3-9-17-23/h1-9,12-17,24,26H,10-11,18-20H2. The number of benzene rings is 3. The van der Waals surface area contributed by atoms with E-state index in [9.17, 15) is 9.59 Å². The van der Waals surface area contributed by atoms with E-state index in [0.29, 0.717) is 18.5 Å². The molecule has 158 valence electrons. The lowest BCUT2D eigenvalue weighted by Crippen LogP contribution is -2.39. The maximum atomic E-state index is 13.0. The van der Waals surface area contributed by atoms with Gasteiger partial charge in [0.2, 0.25) is 0 Å². The SMILES string of the molecule is O=C(ON(Cc1ccccc1)C(c1ccccc1)C1CCCCC1=O)c1ccccc1. The molecular formula is C27H27NO3. The van der Waals surface area contributed by atoms with Crippen molar-refractivity contribution < 1.29 is 14.4 Å². The second kappa shape index (κ2) is 10.2. The molecule has 0 aromatic heterocycles. The molecule has 3 aromatic rings. The zero-order valence-corrected chi connectivity index (χ0v) is 17.5. The van der Waals surface area contributed by atoms with E-state index in [1.165, 1.54) is 0 Å². The summed E-state index contributed by atoms with van der Waals surface area (Å²) >= 11 is 0. The zero-order valence-electron chi connectivity index (χ0n) is 17.5. The van der Waals surface area contributed by atoms with E-state index < -0.39 is 5.97 Å². The lowest BCUT2D eigenvalue weighted by molar-refractivity contribution is -0.168. The Morgan fingerprint density at radius 3 is 2.13 bits per heavy atom. The lowest BCUT2D eigenvalue weighted by atomic mass is 9.80. The molecule has 1 aliphatic rings. The number of hydroxylamine groups is 2. The van der Waals surface area contributed by atoms with Crippen LogP contribution in [0.3, 0.4) is 0 Å². The topological polar surface area (TPSA) is 46.6 Å². The van der Waals surface area contributed by atoms with Crippen molar-refractivity contribution >= 4 is 11.8 Å². The Labute approximate surface area is 183 Å². The highest BCUT2D eigenvalue weighted by Gasteiger charge is 2.37. The molecule has 3 aromatic carbocycles. The van der Waals surface area contributed by atoms with Crippen LogP contribution in [0, 0.1) is 5.92 Å². The average molecular weight is 414 g/mol. The Morgan fingerprint density at radius 1 is 0.871 bits per heavy atom. The summed E-state index contributed by atoms with van der Waals surface area (Å²) in [5.41, 5.74) is 2.49. The minimum atomic E-state index is -0.416. The summed E-state index contributed by atoms with van der Waals surface area (Å²) < 4.78 is 0. The normalized spacial score (nSPS) is 17.3. The van der Waals surface area contributed by atoms with Gasteiger partial charge in [0.25, 0.3) is 0 Å². The number of ketones is 1. The molecule has 0 heterocycles. The van der Waals surface area contributed by atoms with E-state index in [1.54, 1.807) is 17.2 Å². The van der Waals surface area contributed by atoms with E-state index in [4.69, 9.17) is 4.84 Å². The summed E-state index contributed by atoms with van der Waals surface area (Å²) in [6.07, 6.45) is 3.32. The monoisotopic (exact) mass is 413 g/mol. The third-order valence-electron chi connectivity index (χ3n) is 5.83. The number of carbonyl (C=O) groups excluding carboxylic acids is 2. The van der Waals surface area contributed by atoms with Crippen molar-refractivity contribution in [1.29, 1.82) is 0 Å². The van der Waals surface area contributed by atoms with Gasteiger partial charge in [-0.25, -0.2) is 4.79 Å². The molecule has 1 fully saturated rings. The molecule has 31 heavy (non-hydrogen) atoms. The molecule has 2 atom stereocenters. The minimum Gasteiger partial charge on any atom is -0.363 e. The van der Waals surface area contributed by atoms with Gasteiger partial charge in [0, 0.05) is 12.3 Å². The van der Waals surface area contributed by atoms with Crippen molar-refractivity contribution in [1.82, 2.24) is 5.06 Å². The van der Waals surface area contributed by atoms with Crippen molar-refractivity contribution in [3.8, 4) is 0 Å². The second-order valence-corrected chi connectivity index (χ2v) is 7.98. The smallest absolute Gasteiger partial charge is 0.357 e. The Bertz CT molecular complexity index is 989. The fourth-order valence-electron chi connectivity index (χ4n) is 4.28. The Morgan fingerprint density at radius 2 is 1.48 bits per heavy atom. The van der Waals surface area contributed by atoms with Gasteiger partial charge in [-0.15, -0.1) is 5.06 Å². The Kier molecular flexibility index (Phi) is 6.90. The summed E-state index contributed by atoms with van der Waals surface area (Å²) in [7, 11) is 0. The molecule has 0 radical (unpaired) electrons. The van der Waals surface area contributed by atoms with Crippen LogP contribution in [0.25, 0.3) is 0 Å². The summed E-state index contributed by atoms with van der Waals surface area (Å²) in [5.74, 6) is -0.377. The van der Waals surface area contributed by atoms with E-state index >= 15 is 0 Å². The van der Waals surface area contributed by atoms with Crippen LogP contribution in [0.5, 0.6) is 0 Å². The van der Waals surface area contributed by atoms with Gasteiger partial charge in [0.15, 0.2) is 0 Å². The van der Waals surface area contributed by atoms with Crippen molar-refractivity contribution in [2.45, 2.75) is 38.3 Å². The molecule has 4 nitrogen and oxygen atoms in total. The van der Waals surface area contributed by atoms with E-state index in [2.05, 4.69) is 0 Å². The van der Waals surface area contributed by atoms with Crippen LogP contribution in [0.2, 0.25) is 0 Å². The third kappa shape index (κ3) is 5.28. The van der Waals surface area contributed by atoms with Crippen LogP contribution in [0.15, 0.2) is 91.0 Å². The summed E-state index contributed by atoms with van der Waals surface area (Å²) in [5, 5.41) is 1.72. The maximum absolute atomic E-state index is 13.0. The van der Waals surface area contributed by atoms with Crippen LogP contribution in [0.1, 0.15) is 53.2 Å². The number of Topliss-reactive ketones (excluding diaryl/α,β-unsaturated/α-hetero) is 1. The summed E-state index contributed by atoms with van der Waals surface area (Å²) in [6.45, 7) is 0.406. The molecule has 0 spiro atoms. The molecule has 0 saturated heterocycles. The molecule has 1 saturated carbocycles. The molecule has 0 aliphatic heterocycles. The molecule has 1 aliphatic carbocycles. The van der Waals surface area contributed by atoms with E-state index in [-0.39, 0.29) is 17.7 Å². The van der Waals surface area contributed by atoms with Crippen LogP contribution in [-0.2, 0) is 16.2 Å². The van der Waals surface area contributed by atoms with Crippen LogP contribution in [-0.4, -0.2) is 16.8 Å². The highest BCUT2D eigenvalue weighted by Crippen LogP contribution is 2.37. The molecule has 0 amide bonds. The van der Waals surface area contributed by atoms with E-state index in [1.807, 2.05) is 78.9 Å². The minimum absolute atomic E-state index is 0.205. The van der Waals surface area contributed by atoms with Gasteiger partial charge in [-0.1, -0.05) is 85.3 Å². The second-order valence-electron chi connectivity index (χ2n) is 7.98. The Hall–Kier alpha value is -3.24. The molecule has 2 unspecified atom stereocenters. The number of hydrogen-bond donors (Lipinski definition) is 0. The van der Waals surface area contributed by atoms with Gasteiger partial charge >= 0.3 is 5.97 Å². The molecule has 4 heteroatoms. The van der Waals surface area contributed by atoms with Gasteiger partial charge in [0.1, 0.15) is 5.78 Å². The van der Waals surface area contributed by atoms with Gasteiger partial charge in [-0.3, -0.25) is 4.79 Å². The maximum Gasteiger partial charge on any atom is 0.357 e. The van der Waals surface area contributed by atoms with E-state index in [0.717, 1.165) is 30.4 Å². The van der Waals surface area contributed by atoms with Gasteiger partial charge in [-0.05, 0) is 36.1 Å². The highest BCUT2D eigenvalue weighted by atomic mass is 16.7. The Balaban J connectivity index is 1.71. The lowest BCUT2D eigenvalue weighted by Gasteiger charge is -2.37. The van der Waals surface area contributed by atoms with Crippen LogP contribution < -0.4 is 0 Å². The molecule has 0 bridgehead atoms. The first-order valence-corrected chi connectivity index (χ1v) is 10.9. The van der Waals surface area contributed by atoms with Crippen LogP contribution in [0.4, 0.5) is 0 Å². The first kappa shape index (κ1) is 21.0. The first-order valence-electron chi connectivity index (χ1n) is 10.9. The fourth-order valence-corrected chi connectivity index (χ4v) is 4.28. The largest absolute Gasteiger partial charge is 0.363 e. The van der Waals surface area contributed by atoms with Crippen molar-refractivity contribution in [2.24, 2.45) is 5.92 Å². The van der Waals surface area contributed by atoms with Gasteiger partial charge in [-0.2, -0.15) is 0 Å². The average Bonchev–Trinajstić information content (AvgIpc) is 2.82. The highest BCUT2D eigenvalue weighted by molar-refractivity contribution is 5.89. The first-order chi connectivity index (χ1) is 15.2. The predicted octanol–water partition coefficient (Wildman–Crippen LogP) is 5.76. The molecule has 0 N–H and O–H groups in total. The fraction of sp³-hybridized carbons (Fsp3) is 0.259. The quantitative estimate of drug-likeness (QED) is 0.462. The molecule has 4 rings (SSSR count). The van der Waals surface area contributed by atoms with Crippen molar-refractivity contribution in [3.63, 3.8) is 0 Å². The third-order valence-corrected chi connectivity index (χ3v) is 5.83. The predicted molar refractivity (Wildman–Crippen MR) is 120 cm³/mol. The van der Waals surface area contributed by atoms with Crippen molar-refractivity contribution in [2.75, 3.05) is 0 Å². The van der Waals surface area contributed by atoms with Crippen LogP contribution >= 0.6 is 0 Å². The van der Waals surface area contributed by atoms with Gasteiger partial charge < -0.3 is 4.84 Å². The van der Waals surface area contributed by atoms with Gasteiger partial charge in [0.05, 0.1) is 18.2 Å². The number of hydrogen-bond acceptors (Lipinski definition) is 4. The number of nitrogens with zero attached hydrogens (tertiary/aromatic N) is 1. The summed E-state index contributed by atoms with van der Waals surface area (Å²) in [4.78, 5) is 32.0. The number of carbonyl (C=O) groups is 2.